The highest BCUT2D eigenvalue weighted by atomic mass is 35.5. The quantitative estimate of drug-likeness (QED) is 0.454. The zero-order chi connectivity index (χ0) is 19.6. The minimum Gasteiger partial charge on any atom is -0.465 e. The molecule has 1 aromatic heterocycles. The topological polar surface area (TPSA) is 97.6 Å². The molecule has 1 aromatic carbocycles. The summed E-state index contributed by atoms with van der Waals surface area (Å²) in [6, 6.07) is 5.95. The second kappa shape index (κ2) is 7.98. The molecule has 0 aliphatic carbocycles. The number of benzene rings is 1. The smallest absolute Gasteiger partial charge is 0.339 e. The van der Waals surface area contributed by atoms with E-state index in [-0.39, 0.29) is 28.0 Å². The van der Waals surface area contributed by atoms with Gasteiger partial charge in [0.2, 0.25) is 0 Å². The van der Waals surface area contributed by atoms with Crippen molar-refractivity contribution in [3.05, 3.63) is 56.2 Å². The number of halogens is 2. The molecule has 2 aromatic rings. The third-order valence-electron chi connectivity index (χ3n) is 4.27. The monoisotopic (exact) mass is 410 g/mol. The van der Waals surface area contributed by atoms with Gasteiger partial charge in [-0.3, -0.25) is 10.1 Å². The van der Waals surface area contributed by atoms with Crippen LogP contribution in [-0.2, 0) is 4.74 Å². The number of nitro groups is 1. The first-order valence-corrected chi connectivity index (χ1v) is 8.84. The summed E-state index contributed by atoms with van der Waals surface area (Å²) < 4.78 is 4.61. The van der Waals surface area contributed by atoms with Gasteiger partial charge in [0.25, 0.3) is 5.69 Å². The molecule has 0 radical (unpaired) electrons. The van der Waals surface area contributed by atoms with Gasteiger partial charge in [-0.15, -0.1) is 0 Å². The van der Waals surface area contributed by atoms with Crippen LogP contribution in [0.2, 0.25) is 10.0 Å². The number of carbonyl (C=O) groups excluding carboxylic acids is 1. The number of hydrogen-bond acceptors (Lipinski definition) is 7. The third kappa shape index (κ3) is 4.06. The van der Waals surface area contributed by atoms with Crippen LogP contribution in [0.4, 0.5) is 17.2 Å². The van der Waals surface area contributed by atoms with Crippen molar-refractivity contribution >= 4 is 46.4 Å². The van der Waals surface area contributed by atoms with E-state index in [1.54, 1.807) is 18.3 Å². The van der Waals surface area contributed by atoms with Gasteiger partial charge in [-0.2, -0.15) is 0 Å². The van der Waals surface area contributed by atoms with Crippen LogP contribution < -0.4 is 10.2 Å². The zero-order valence-electron chi connectivity index (χ0n) is 14.3. The van der Waals surface area contributed by atoms with E-state index in [9.17, 15) is 14.9 Å². The van der Waals surface area contributed by atoms with E-state index in [4.69, 9.17) is 23.2 Å². The second-order valence-corrected chi connectivity index (χ2v) is 6.80. The van der Waals surface area contributed by atoms with Crippen LogP contribution in [0.15, 0.2) is 30.5 Å². The molecule has 2 heterocycles. The van der Waals surface area contributed by atoms with Gasteiger partial charge in [0.1, 0.15) is 11.5 Å². The standard InChI is InChI=1S/C17H16Cl2N4O4/c1-27-17(24)11-7-15(23(25)26)14(8-13(11)19)21-10-4-6-22(9-10)16-12(18)3-2-5-20-16/h2-3,5,7-8,10,21H,4,6,9H2,1H3. The molecule has 1 saturated heterocycles. The van der Waals surface area contributed by atoms with Crippen molar-refractivity contribution < 1.29 is 14.5 Å². The van der Waals surface area contributed by atoms with E-state index in [0.717, 1.165) is 12.5 Å². The molecule has 10 heteroatoms. The number of hydrogen-bond donors (Lipinski definition) is 1. The van der Waals surface area contributed by atoms with Gasteiger partial charge in [-0.05, 0) is 24.6 Å². The summed E-state index contributed by atoms with van der Waals surface area (Å²) in [6.45, 7) is 1.28. The second-order valence-electron chi connectivity index (χ2n) is 5.98. The summed E-state index contributed by atoms with van der Waals surface area (Å²) in [7, 11) is 1.19. The van der Waals surface area contributed by atoms with E-state index in [1.807, 2.05) is 4.90 Å². The molecule has 0 spiro atoms. The maximum absolute atomic E-state index is 11.7. The van der Waals surface area contributed by atoms with Crippen molar-refractivity contribution in [1.29, 1.82) is 0 Å². The van der Waals surface area contributed by atoms with Gasteiger partial charge < -0.3 is 15.0 Å². The largest absolute Gasteiger partial charge is 0.465 e. The lowest BCUT2D eigenvalue weighted by Gasteiger charge is -2.19. The van der Waals surface area contributed by atoms with Crippen molar-refractivity contribution in [3.8, 4) is 0 Å². The zero-order valence-corrected chi connectivity index (χ0v) is 15.8. The van der Waals surface area contributed by atoms with Crippen LogP contribution in [0.25, 0.3) is 0 Å². The third-order valence-corrected chi connectivity index (χ3v) is 4.88. The van der Waals surface area contributed by atoms with Gasteiger partial charge in [0, 0.05) is 31.4 Å². The fraction of sp³-hybridized carbons (Fsp3) is 0.294. The molecule has 8 nitrogen and oxygen atoms in total. The van der Waals surface area contributed by atoms with Crippen LogP contribution in [0.3, 0.4) is 0 Å². The Labute approximate surface area is 165 Å². The number of aromatic nitrogens is 1. The van der Waals surface area contributed by atoms with Crippen LogP contribution >= 0.6 is 23.2 Å². The SMILES string of the molecule is COC(=O)c1cc([N+](=O)[O-])c(NC2CCN(c3ncccc3Cl)C2)cc1Cl. The maximum Gasteiger partial charge on any atom is 0.339 e. The van der Waals surface area contributed by atoms with E-state index in [0.29, 0.717) is 23.9 Å². The van der Waals surface area contributed by atoms with Gasteiger partial charge >= 0.3 is 5.97 Å². The Hall–Kier alpha value is -2.58. The molecule has 1 fully saturated rings. The number of nitro benzene ring substituents is 1. The highest BCUT2D eigenvalue weighted by molar-refractivity contribution is 6.34. The number of methoxy groups -OCH3 is 1. The molecule has 3 rings (SSSR count). The van der Waals surface area contributed by atoms with Crippen molar-refractivity contribution in [1.82, 2.24) is 4.98 Å². The lowest BCUT2D eigenvalue weighted by Crippen LogP contribution is -2.27. The van der Waals surface area contributed by atoms with Gasteiger partial charge in [0.05, 0.1) is 27.6 Å². The number of nitrogens with zero attached hydrogens (tertiary/aromatic N) is 3. The van der Waals surface area contributed by atoms with Gasteiger partial charge in [-0.1, -0.05) is 23.2 Å². The molecular weight excluding hydrogens is 395 g/mol. The number of pyridine rings is 1. The van der Waals surface area contributed by atoms with Crippen LogP contribution in [0.5, 0.6) is 0 Å². The molecule has 1 atom stereocenters. The Morgan fingerprint density at radius 2 is 2.19 bits per heavy atom. The van der Waals surface area contributed by atoms with Crippen LogP contribution in [-0.4, -0.2) is 42.1 Å². The van der Waals surface area contributed by atoms with Crippen molar-refractivity contribution in [2.75, 3.05) is 30.4 Å². The van der Waals surface area contributed by atoms with E-state index in [2.05, 4.69) is 15.0 Å². The number of nitrogens with one attached hydrogen (secondary N) is 1. The molecular formula is C17H16Cl2N4O4. The Morgan fingerprint density at radius 3 is 2.85 bits per heavy atom. The van der Waals surface area contributed by atoms with E-state index in [1.165, 1.54) is 13.2 Å². The predicted octanol–water partition coefficient (Wildman–Crippen LogP) is 3.77. The number of anilines is 2. The van der Waals surface area contributed by atoms with Crippen LogP contribution in [0, 0.1) is 10.1 Å². The lowest BCUT2D eigenvalue weighted by molar-refractivity contribution is -0.384. The average molecular weight is 411 g/mol. The molecule has 1 aliphatic rings. The molecule has 27 heavy (non-hydrogen) atoms. The summed E-state index contributed by atoms with van der Waals surface area (Å²) in [6.07, 6.45) is 2.40. The molecule has 142 valence electrons. The Bertz CT molecular complexity index is 893. The van der Waals surface area contributed by atoms with Gasteiger partial charge in [-0.25, -0.2) is 9.78 Å². The van der Waals surface area contributed by atoms with Crippen molar-refractivity contribution in [2.45, 2.75) is 12.5 Å². The highest BCUT2D eigenvalue weighted by Gasteiger charge is 2.28. The molecule has 1 unspecified atom stereocenters. The molecule has 0 amide bonds. The van der Waals surface area contributed by atoms with Gasteiger partial charge in [0.15, 0.2) is 0 Å². The molecule has 0 bridgehead atoms. The summed E-state index contributed by atoms with van der Waals surface area (Å²) in [4.78, 5) is 28.9. The first-order chi connectivity index (χ1) is 12.9. The summed E-state index contributed by atoms with van der Waals surface area (Å²) in [5.41, 5.74) is -0.0459. The fourth-order valence-corrected chi connectivity index (χ4v) is 3.48. The normalized spacial score (nSPS) is 16.3. The first kappa shape index (κ1) is 19.2. The van der Waals surface area contributed by atoms with E-state index >= 15 is 0 Å². The Kier molecular flexibility index (Phi) is 5.67. The number of ether oxygens (including phenoxy) is 1. The summed E-state index contributed by atoms with van der Waals surface area (Å²) >= 11 is 12.3. The molecule has 1 aliphatic heterocycles. The number of esters is 1. The highest BCUT2D eigenvalue weighted by Crippen LogP contribution is 2.34. The number of rotatable bonds is 5. The Balaban J connectivity index is 1.82. The predicted molar refractivity (Wildman–Crippen MR) is 103 cm³/mol. The number of carbonyl (C=O) groups is 1. The van der Waals surface area contributed by atoms with Crippen molar-refractivity contribution in [3.63, 3.8) is 0 Å². The Morgan fingerprint density at radius 1 is 1.41 bits per heavy atom. The minimum atomic E-state index is -0.730. The van der Waals surface area contributed by atoms with E-state index < -0.39 is 10.9 Å². The molecule has 0 saturated carbocycles. The first-order valence-electron chi connectivity index (χ1n) is 8.09. The summed E-state index contributed by atoms with van der Waals surface area (Å²) in [5.74, 6) is -0.0523. The fourth-order valence-electron chi connectivity index (χ4n) is 3.00. The maximum atomic E-state index is 11.7. The van der Waals surface area contributed by atoms with Crippen molar-refractivity contribution in [2.24, 2.45) is 0 Å². The molecule has 1 N–H and O–H groups in total. The minimum absolute atomic E-state index is 0.0512. The lowest BCUT2D eigenvalue weighted by atomic mass is 10.1. The van der Waals surface area contributed by atoms with Crippen LogP contribution in [0.1, 0.15) is 16.8 Å². The summed E-state index contributed by atoms with van der Waals surface area (Å²) in [5, 5.41) is 15.2. The average Bonchev–Trinajstić information content (AvgIpc) is 3.09.